The molecule has 0 saturated heterocycles. The summed E-state index contributed by atoms with van der Waals surface area (Å²) < 4.78 is 7.20. The minimum absolute atomic E-state index is 0.0627. The molecule has 0 bridgehead atoms. The summed E-state index contributed by atoms with van der Waals surface area (Å²) in [4.78, 5) is 11.6. The van der Waals surface area contributed by atoms with E-state index in [0.29, 0.717) is 5.95 Å². The molecule has 4 heterocycles. The van der Waals surface area contributed by atoms with Crippen molar-refractivity contribution in [2.24, 2.45) is 0 Å². The number of nitrogens with zero attached hydrogens (tertiary/aromatic N) is 5. The van der Waals surface area contributed by atoms with Crippen molar-refractivity contribution in [3.8, 4) is 95.3 Å². The molecule has 0 spiro atoms. The van der Waals surface area contributed by atoms with Crippen molar-refractivity contribution >= 4 is 76.3 Å². The van der Waals surface area contributed by atoms with Gasteiger partial charge in [0.2, 0.25) is 5.95 Å². The maximum Gasteiger partial charge on any atom is 0.235 e. The monoisotopic (exact) mass is 1280 g/mol. The molecule has 100 heavy (non-hydrogen) atoms. The maximum atomic E-state index is 5.88. The predicted octanol–water partition coefficient (Wildman–Crippen LogP) is 24.5. The molecule has 0 unspecified atom stereocenters. The lowest BCUT2D eigenvalue weighted by Gasteiger charge is -2.21. The number of aromatic nitrogens is 5. The van der Waals surface area contributed by atoms with Crippen molar-refractivity contribution in [3.63, 3.8) is 0 Å². The maximum absolute atomic E-state index is 5.88. The van der Waals surface area contributed by atoms with Gasteiger partial charge in [-0.15, -0.1) is 0 Å². The fourth-order valence-corrected chi connectivity index (χ4v) is 18.3. The van der Waals surface area contributed by atoms with Gasteiger partial charge in [0, 0.05) is 70.9 Å². The molecule has 4 aromatic heterocycles. The molecule has 21 rings (SSSR count). The number of para-hydroxylation sites is 3. The summed E-state index contributed by atoms with van der Waals surface area (Å²) in [6.07, 6.45) is 0. The first-order valence-corrected chi connectivity index (χ1v) is 35.1. The quantitative estimate of drug-likeness (QED) is 0.160. The van der Waals surface area contributed by atoms with Crippen LogP contribution in [0.25, 0.3) is 172 Å². The Kier molecular flexibility index (Phi) is 11.6. The molecule has 0 N–H and O–H groups in total. The van der Waals surface area contributed by atoms with Gasteiger partial charge >= 0.3 is 0 Å². The highest BCUT2D eigenvalue weighted by Gasteiger charge is 2.38. The van der Waals surface area contributed by atoms with Crippen LogP contribution in [0, 0.1) is 0 Å². The van der Waals surface area contributed by atoms with E-state index in [0.717, 1.165) is 83.0 Å². The molecule has 18 aromatic rings. The Hall–Kier alpha value is -12.2. The standard InChI is InChI=1S/C95H67N5/c1-93(2)78-25-13-7-19-65(78)74-49-57(36-45-81(74)93)60-33-42-71-68-22-10-16-28-85(68)98(88(71)52-60)63-39-31-56(32-40-63)91-77-55-64(99-86-29-17-11-23-69(86)72-43-34-61(53-89(72)99)58-37-46-82-75(50-58)66-20-8-14-26-79(66)94(82,3)4)41-48-84(77)96-92(97-91)100-87-30-18-12-24-70(87)73-44-35-62(54-90(73)100)59-38-47-83-76(51-59)67-21-9-15-27-80(67)95(83,5)6/h7-55H,1-6H3. The highest BCUT2D eigenvalue weighted by molar-refractivity contribution is 6.13. The third kappa shape index (κ3) is 7.94. The second-order valence-electron chi connectivity index (χ2n) is 29.7. The fourth-order valence-electron chi connectivity index (χ4n) is 18.3. The van der Waals surface area contributed by atoms with Gasteiger partial charge in [-0.1, -0.05) is 254 Å². The molecule has 3 aliphatic rings. The summed E-state index contributed by atoms with van der Waals surface area (Å²) in [6.45, 7) is 14.1. The van der Waals surface area contributed by atoms with E-state index in [1.165, 1.54) is 116 Å². The lowest BCUT2D eigenvalue weighted by Crippen LogP contribution is -2.14. The Morgan fingerprint density at radius 3 is 0.980 bits per heavy atom. The number of benzene rings is 14. The van der Waals surface area contributed by atoms with E-state index in [-0.39, 0.29) is 16.2 Å². The van der Waals surface area contributed by atoms with E-state index in [1.807, 2.05) is 0 Å². The first kappa shape index (κ1) is 56.9. The van der Waals surface area contributed by atoms with E-state index >= 15 is 0 Å². The largest absolute Gasteiger partial charge is 0.309 e. The predicted molar refractivity (Wildman–Crippen MR) is 417 cm³/mol. The van der Waals surface area contributed by atoms with Crippen LogP contribution in [-0.2, 0) is 16.2 Å². The summed E-state index contributed by atoms with van der Waals surface area (Å²) in [6, 6.07) is 111. The number of fused-ring (bicyclic) bond motifs is 19. The minimum atomic E-state index is -0.0837. The van der Waals surface area contributed by atoms with Crippen LogP contribution in [0.5, 0.6) is 0 Å². The fraction of sp³-hybridized carbons (Fsp3) is 0.0947. The zero-order chi connectivity index (χ0) is 66.7. The Labute approximate surface area is 580 Å². The van der Waals surface area contributed by atoms with Gasteiger partial charge in [0.25, 0.3) is 0 Å². The molecule has 472 valence electrons. The van der Waals surface area contributed by atoms with Gasteiger partial charge in [-0.3, -0.25) is 4.57 Å². The summed E-state index contributed by atoms with van der Waals surface area (Å²) in [5.74, 6) is 0.614. The zero-order valence-corrected chi connectivity index (χ0v) is 56.5. The average molecular weight is 1280 g/mol. The first-order chi connectivity index (χ1) is 48.8. The number of hydrogen-bond acceptors (Lipinski definition) is 2. The van der Waals surface area contributed by atoms with Crippen molar-refractivity contribution in [2.45, 2.75) is 57.8 Å². The lowest BCUT2D eigenvalue weighted by atomic mass is 9.82. The van der Waals surface area contributed by atoms with Crippen LogP contribution in [0.4, 0.5) is 0 Å². The van der Waals surface area contributed by atoms with E-state index in [4.69, 9.17) is 9.97 Å². The molecule has 0 aliphatic heterocycles. The zero-order valence-electron chi connectivity index (χ0n) is 56.5. The van der Waals surface area contributed by atoms with E-state index in [9.17, 15) is 0 Å². The Morgan fingerprint density at radius 2 is 0.540 bits per heavy atom. The molecular formula is C95H67N5. The van der Waals surface area contributed by atoms with Crippen LogP contribution in [0.1, 0.15) is 74.9 Å². The van der Waals surface area contributed by atoms with Crippen molar-refractivity contribution in [2.75, 3.05) is 0 Å². The highest BCUT2D eigenvalue weighted by atomic mass is 15.2. The molecule has 3 aliphatic carbocycles. The van der Waals surface area contributed by atoms with Crippen molar-refractivity contribution in [1.29, 1.82) is 0 Å². The number of hydrogen-bond donors (Lipinski definition) is 0. The summed E-state index contributed by atoms with van der Waals surface area (Å²) in [5, 5.41) is 8.10. The summed E-state index contributed by atoms with van der Waals surface area (Å²) >= 11 is 0. The average Bonchev–Trinajstić information content (AvgIpc) is 1.56. The van der Waals surface area contributed by atoms with Crippen LogP contribution in [0.3, 0.4) is 0 Å². The second-order valence-corrected chi connectivity index (χ2v) is 29.7. The minimum Gasteiger partial charge on any atom is -0.309 e. The van der Waals surface area contributed by atoms with Gasteiger partial charge in [0.15, 0.2) is 0 Å². The molecular weight excluding hydrogens is 1210 g/mol. The SMILES string of the molecule is CC1(C)c2ccccc2-c2cc(-c3ccc4c5ccccc5n(-c5ccc(-c6nc(-n7c8ccccc8c8ccc(-c9ccc%10c(c9)-c9ccccc9C%10(C)C)cc87)nc7ccc(-n8c9ccccc9c9ccc(-c%10ccc%11c(c%10)-c%10ccccc%10C%11(C)C)cc98)cc67)cc5)c4c3)ccc21. The van der Waals surface area contributed by atoms with Gasteiger partial charge in [0.1, 0.15) is 0 Å². The van der Waals surface area contributed by atoms with Crippen molar-refractivity contribution < 1.29 is 0 Å². The topological polar surface area (TPSA) is 40.6 Å². The molecule has 14 aromatic carbocycles. The third-order valence-corrected chi connectivity index (χ3v) is 23.3. The van der Waals surface area contributed by atoms with Crippen molar-refractivity contribution in [3.05, 3.63) is 331 Å². The normalized spacial score (nSPS) is 14.3. The highest BCUT2D eigenvalue weighted by Crippen LogP contribution is 2.54. The van der Waals surface area contributed by atoms with Crippen molar-refractivity contribution in [1.82, 2.24) is 23.7 Å². The Bertz CT molecular complexity index is 6620. The van der Waals surface area contributed by atoms with Gasteiger partial charge in [-0.05, 0) is 185 Å². The van der Waals surface area contributed by atoms with Gasteiger partial charge in [0.05, 0.1) is 44.3 Å². The Balaban J connectivity index is 0.750. The smallest absolute Gasteiger partial charge is 0.235 e. The van der Waals surface area contributed by atoms with Crippen LogP contribution < -0.4 is 0 Å². The van der Waals surface area contributed by atoms with E-state index < -0.39 is 0 Å². The molecule has 0 fully saturated rings. The molecule has 0 amide bonds. The summed E-state index contributed by atoms with van der Waals surface area (Å²) in [7, 11) is 0. The van der Waals surface area contributed by atoms with Crippen LogP contribution in [0.2, 0.25) is 0 Å². The second kappa shape index (κ2) is 20.5. The van der Waals surface area contributed by atoms with Crippen LogP contribution in [0.15, 0.2) is 297 Å². The first-order valence-electron chi connectivity index (χ1n) is 35.1. The molecule has 0 saturated carbocycles. The van der Waals surface area contributed by atoms with E-state index in [1.54, 1.807) is 0 Å². The molecule has 0 radical (unpaired) electrons. The van der Waals surface area contributed by atoms with Gasteiger partial charge in [-0.25, -0.2) is 9.97 Å². The lowest BCUT2D eigenvalue weighted by molar-refractivity contribution is 0.660. The molecule has 5 heteroatoms. The van der Waals surface area contributed by atoms with Gasteiger partial charge in [-0.2, -0.15) is 0 Å². The van der Waals surface area contributed by atoms with Crippen LogP contribution >= 0.6 is 0 Å². The molecule has 0 atom stereocenters. The number of rotatable bonds is 7. The third-order valence-electron chi connectivity index (χ3n) is 23.3. The van der Waals surface area contributed by atoms with E-state index in [2.05, 4.69) is 352 Å². The van der Waals surface area contributed by atoms with Crippen LogP contribution in [-0.4, -0.2) is 23.7 Å². The van der Waals surface area contributed by atoms with Gasteiger partial charge < -0.3 is 9.13 Å². The summed E-state index contributed by atoms with van der Waals surface area (Å²) in [5.41, 5.74) is 34.5. The Morgan fingerprint density at radius 1 is 0.220 bits per heavy atom. The molecule has 5 nitrogen and oxygen atoms in total.